The van der Waals surface area contributed by atoms with Crippen LogP contribution >= 0.6 is 12.6 Å². The van der Waals surface area contributed by atoms with Gasteiger partial charge in [-0.3, -0.25) is 0 Å². The number of aliphatic hydroxyl groups is 2. The van der Waals surface area contributed by atoms with E-state index in [-0.39, 0.29) is 0 Å². The zero-order valence-corrected chi connectivity index (χ0v) is 9.82. The maximum atomic E-state index is 9.91. The van der Waals surface area contributed by atoms with Crippen LogP contribution in [0.3, 0.4) is 0 Å². The van der Waals surface area contributed by atoms with Gasteiger partial charge in [-0.05, 0) is 30.2 Å². The van der Waals surface area contributed by atoms with Crippen LogP contribution in [0.5, 0.6) is 0 Å². The molecule has 0 aromatic carbocycles. The molecule has 2 unspecified atom stereocenters. The maximum absolute atomic E-state index is 9.91. The molecule has 0 saturated heterocycles. The Morgan fingerprint density at radius 2 is 2.31 bits per heavy atom. The lowest BCUT2D eigenvalue weighted by atomic mass is 10.0. The second-order valence-corrected chi connectivity index (χ2v) is 4.42. The minimum Gasteiger partial charge on any atom is -0.390 e. The molecule has 16 heavy (non-hydrogen) atoms. The predicted molar refractivity (Wildman–Crippen MR) is 65.9 cm³/mol. The van der Waals surface area contributed by atoms with E-state index in [4.69, 9.17) is 0 Å². The number of pyridine rings is 1. The van der Waals surface area contributed by atoms with Gasteiger partial charge in [0.1, 0.15) is 11.9 Å². The van der Waals surface area contributed by atoms with Crippen LogP contribution < -0.4 is 5.32 Å². The zero-order valence-electron chi connectivity index (χ0n) is 8.93. The number of aromatic nitrogens is 1. The molecule has 2 rings (SSSR count). The third kappa shape index (κ3) is 2.31. The van der Waals surface area contributed by atoms with E-state index in [1.165, 1.54) is 0 Å². The largest absolute Gasteiger partial charge is 0.390 e. The van der Waals surface area contributed by atoms with Gasteiger partial charge in [0.25, 0.3) is 0 Å². The lowest BCUT2D eigenvalue weighted by molar-refractivity contribution is 0.0170. The van der Waals surface area contributed by atoms with Gasteiger partial charge in [0.2, 0.25) is 0 Å². The van der Waals surface area contributed by atoms with E-state index in [1.54, 1.807) is 6.20 Å². The summed E-state index contributed by atoms with van der Waals surface area (Å²) in [4.78, 5) is 4.22. The first-order valence-electron chi connectivity index (χ1n) is 5.42. The van der Waals surface area contributed by atoms with Crippen LogP contribution in [0.1, 0.15) is 23.7 Å². The standard InChI is InChI=1S/C11H16N2O2S/c14-9(2-4-16)10(15)8-5-7-1-3-12-11(7)13-6-8/h5-6,9-10,14-16H,1-4H2,(H,12,13). The number of hydrogen-bond acceptors (Lipinski definition) is 5. The molecule has 4 nitrogen and oxygen atoms in total. The highest BCUT2D eigenvalue weighted by atomic mass is 32.1. The van der Waals surface area contributed by atoms with E-state index in [0.717, 1.165) is 24.3 Å². The summed E-state index contributed by atoms with van der Waals surface area (Å²) >= 11 is 4.04. The third-order valence-electron chi connectivity index (χ3n) is 2.81. The fraction of sp³-hybridized carbons (Fsp3) is 0.545. The lowest BCUT2D eigenvalue weighted by Gasteiger charge is -2.17. The summed E-state index contributed by atoms with van der Waals surface area (Å²) < 4.78 is 0. The molecule has 0 saturated carbocycles. The molecule has 0 fully saturated rings. The van der Waals surface area contributed by atoms with Gasteiger partial charge in [-0.1, -0.05) is 0 Å². The first-order valence-corrected chi connectivity index (χ1v) is 6.05. The fourth-order valence-electron chi connectivity index (χ4n) is 1.87. The van der Waals surface area contributed by atoms with Crippen LogP contribution in [0.2, 0.25) is 0 Å². The van der Waals surface area contributed by atoms with E-state index >= 15 is 0 Å². The molecule has 0 bridgehead atoms. The van der Waals surface area contributed by atoms with Crippen LogP contribution in [-0.2, 0) is 6.42 Å². The van der Waals surface area contributed by atoms with Gasteiger partial charge in [-0.2, -0.15) is 12.6 Å². The van der Waals surface area contributed by atoms with Gasteiger partial charge < -0.3 is 15.5 Å². The first kappa shape index (κ1) is 11.7. The summed E-state index contributed by atoms with van der Waals surface area (Å²) in [5, 5.41) is 22.7. The molecule has 0 aliphatic carbocycles. The van der Waals surface area contributed by atoms with Crippen LogP contribution in [0.4, 0.5) is 5.82 Å². The quantitative estimate of drug-likeness (QED) is 0.587. The zero-order chi connectivity index (χ0) is 11.5. The maximum Gasteiger partial charge on any atom is 0.129 e. The fourth-order valence-corrected chi connectivity index (χ4v) is 2.13. The van der Waals surface area contributed by atoms with Gasteiger partial charge in [-0.25, -0.2) is 4.98 Å². The summed E-state index contributed by atoms with van der Waals surface area (Å²) in [6.45, 7) is 0.890. The molecule has 0 amide bonds. The number of nitrogens with one attached hydrogen (secondary N) is 1. The molecule has 1 aromatic rings. The predicted octanol–water partition coefficient (Wildman–Crippen LogP) is 0.764. The molecule has 0 spiro atoms. The van der Waals surface area contributed by atoms with Crippen molar-refractivity contribution in [1.29, 1.82) is 0 Å². The van der Waals surface area contributed by atoms with Crippen molar-refractivity contribution in [1.82, 2.24) is 4.98 Å². The van der Waals surface area contributed by atoms with Gasteiger partial charge in [0, 0.05) is 18.3 Å². The average Bonchev–Trinajstić information content (AvgIpc) is 2.75. The summed E-state index contributed by atoms with van der Waals surface area (Å²) in [5.74, 6) is 1.44. The van der Waals surface area contributed by atoms with Gasteiger partial charge in [0.05, 0.1) is 6.10 Å². The smallest absolute Gasteiger partial charge is 0.129 e. The Balaban J connectivity index is 2.14. The number of hydrogen-bond donors (Lipinski definition) is 4. The Morgan fingerprint density at radius 1 is 1.50 bits per heavy atom. The highest BCUT2D eigenvalue weighted by Gasteiger charge is 2.20. The molecule has 88 valence electrons. The Bertz CT molecular complexity index is 373. The minimum absolute atomic E-state index is 0.472. The number of thiol groups is 1. The van der Waals surface area contributed by atoms with Crippen molar-refractivity contribution < 1.29 is 10.2 Å². The van der Waals surface area contributed by atoms with Gasteiger partial charge in [0.15, 0.2) is 0 Å². The van der Waals surface area contributed by atoms with Crippen molar-refractivity contribution in [3.63, 3.8) is 0 Å². The lowest BCUT2D eigenvalue weighted by Crippen LogP contribution is -2.19. The van der Waals surface area contributed by atoms with E-state index in [0.29, 0.717) is 17.7 Å². The van der Waals surface area contributed by atoms with Crippen molar-refractivity contribution in [3.8, 4) is 0 Å². The van der Waals surface area contributed by atoms with E-state index in [9.17, 15) is 10.2 Å². The Kier molecular flexibility index (Phi) is 3.68. The van der Waals surface area contributed by atoms with Crippen molar-refractivity contribution in [3.05, 3.63) is 23.4 Å². The van der Waals surface area contributed by atoms with E-state index in [2.05, 4.69) is 22.9 Å². The molecule has 1 aromatic heterocycles. The van der Waals surface area contributed by atoms with Crippen LogP contribution in [0, 0.1) is 0 Å². The summed E-state index contributed by atoms with van der Waals surface area (Å²) in [6, 6.07) is 1.91. The van der Waals surface area contributed by atoms with Crippen molar-refractivity contribution >= 4 is 18.4 Å². The summed E-state index contributed by atoms with van der Waals surface area (Å²) in [7, 11) is 0. The minimum atomic E-state index is -0.870. The normalized spacial score (nSPS) is 17.7. The molecule has 0 radical (unpaired) electrons. The second kappa shape index (κ2) is 5.03. The Labute approximate surface area is 100 Å². The van der Waals surface area contributed by atoms with Crippen molar-refractivity contribution in [2.24, 2.45) is 0 Å². The SMILES string of the molecule is OC(CCS)C(O)c1cnc2c(c1)CCN2. The summed E-state index contributed by atoms with van der Waals surface area (Å²) in [6.07, 6.45) is 1.37. The Hall–Kier alpha value is -0.780. The highest BCUT2D eigenvalue weighted by molar-refractivity contribution is 7.80. The van der Waals surface area contributed by atoms with Crippen molar-refractivity contribution in [2.75, 3.05) is 17.6 Å². The van der Waals surface area contributed by atoms with E-state index in [1.807, 2.05) is 6.07 Å². The van der Waals surface area contributed by atoms with Gasteiger partial charge in [-0.15, -0.1) is 0 Å². The van der Waals surface area contributed by atoms with Crippen LogP contribution in [-0.4, -0.2) is 33.6 Å². The highest BCUT2D eigenvalue weighted by Crippen LogP contribution is 2.25. The monoisotopic (exact) mass is 240 g/mol. The number of anilines is 1. The average molecular weight is 240 g/mol. The molecule has 2 heterocycles. The molecule has 2 atom stereocenters. The third-order valence-corrected chi connectivity index (χ3v) is 3.06. The van der Waals surface area contributed by atoms with Crippen LogP contribution in [0.15, 0.2) is 12.3 Å². The number of rotatable bonds is 4. The second-order valence-electron chi connectivity index (χ2n) is 3.98. The molecular formula is C11H16N2O2S. The van der Waals surface area contributed by atoms with Crippen molar-refractivity contribution in [2.45, 2.75) is 25.0 Å². The van der Waals surface area contributed by atoms with Crippen LogP contribution in [0.25, 0.3) is 0 Å². The molecule has 5 heteroatoms. The number of fused-ring (bicyclic) bond motifs is 1. The summed E-state index contributed by atoms with van der Waals surface area (Å²) in [5.41, 5.74) is 1.78. The Morgan fingerprint density at radius 3 is 3.06 bits per heavy atom. The molecular weight excluding hydrogens is 224 g/mol. The number of nitrogens with zero attached hydrogens (tertiary/aromatic N) is 1. The molecule has 1 aliphatic rings. The molecule has 3 N–H and O–H groups in total. The molecule has 1 aliphatic heterocycles. The van der Waals surface area contributed by atoms with Gasteiger partial charge >= 0.3 is 0 Å². The topological polar surface area (TPSA) is 65.4 Å². The first-order chi connectivity index (χ1) is 7.72. The van der Waals surface area contributed by atoms with E-state index < -0.39 is 12.2 Å². The number of aliphatic hydroxyl groups excluding tert-OH is 2.